The van der Waals surface area contributed by atoms with Crippen LogP contribution in [0.4, 0.5) is 0 Å². The molecule has 1 aromatic rings. The third kappa shape index (κ3) is 2.85. The van der Waals surface area contributed by atoms with Crippen LogP contribution >= 0.6 is 0 Å². The molecule has 1 aromatic carbocycles. The molecule has 0 bridgehead atoms. The van der Waals surface area contributed by atoms with Crippen molar-refractivity contribution >= 4 is 5.97 Å². The van der Waals surface area contributed by atoms with Gasteiger partial charge in [-0.3, -0.25) is 4.79 Å². The Morgan fingerprint density at radius 2 is 2.15 bits per heavy atom. The fraction of sp³-hybridized carbons (Fsp3) is 0.650. The van der Waals surface area contributed by atoms with Crippen LogP contribution in [-0.4, -0.2) is 45.5 Å². The monoisotopic (exact) mass is 361 g/mol. The molecule has 3 atom stereocenters. The van der Waals surface area contributed by atoms with Crippen LogP contribution in [0.15, 0.2) is 18.2 Å². The Hall–Kier alpha value is -1.79. The second-order valence-corrected chi connectivity index (χ2v) is 8.04. The minimum atomic E-state index is -0.485. The van der Waals surface area contributed by atoms with Gasteiger partial charge in [-0.15, -0.1) is 0 Å². The lowest BCUT2D eigenvalue weighted by atomic mass is 9.64. The van der Waals surface area contributed by atoms with E-state index in [1.165, 1.54) is 7.11 Å². The Labute approximate surface area is 154 Å². The average molecular weight is 361 g/mol. The van der Waals surface area contributed by atoms with Crippen molar-refractivity contribution in [3.63, 3.8) is 0 Å². The van der Waals surface area contributed by atoms with Crippen molar-refractivity contribution in [2.45, 2.75) is 37.9 Å². The SMILES string of the molecule is COC(=O)CC[C@@]1(C)Oc2cc(OC)ccc2[C@H]2OCC3(CNC3)C[C@@H]21. The van der Waals surface area contributed by atoms with E-state index in [-0.39, 0.29) is 23.4 Å². The van der Waals surface area contributed by atoms with Gasteiger partial charge >= 0.3 is 5.97 Å². The highest BCUT2D eigenvalue weighted by Crippen LogP contribution is 2.55. The van der Waals surface area contributed by atoms with E-state index in [4.69, 9.17) is 18.9 Å². The van der Waals surface area contributed by atoms with Gasteiger partial charge in [-0.25, -0.2) is 0 Å². The summed E-state index contributed by atoms with van der Waals surface area (Å²) >= 11 is 0. The van der Waals surface area contributed by atoms with Crippen LogP contribution in [0.1, 0.15) is 37.9 Å². The number of carbonyl (C=O) groups excluding carboxylic acids is 1. The lowest BCUT2D eigenvalue weighted by Gasteiger charge is -2.56. The topological polar surface area (TPSA) is 66.0 Å². The zero-order chi connectivity index (χ0) is 18.4. The molecule has 0 aliphatic carbocycles. The van der Waals surface area contributed by atoms with E-state index in [1.54, 1.807) is 7.11 Å². The third-order valence-electron chi connectivity index (χ3n) is 6.30. The van der Waals surface area contributed by atoms with Gasteiger partial charge in [0.1, 0.15) is 17.1 Å². The molecule has 0 unspecified atom stereocenters. The summed E-state index contributed by atoms with van der Waals surface area (Å²) in [5.74, 6) is 1.54. The maximum absolute atomic E-state index is 11.8. The van der Waals surface area contributed by atoms with E-state index in [0.717, 1.165) is 43.2 Å². The quantitative estimate of drug-likeness (QED) is 0.831. The van der Waals surface area contributed by atoms with Crippen molar-refractivity contribution in [1.29, 1.82) is 0 Å². The normalized spacial score (nSPS) is 31.2. The first-order valence-electron chi connectivity index (χ1n) is 9.25. The zero-order valence-corrected chi connectivity index (χ0v) is 15.7. The number of hydrogen-bond acceptors (Lipinski definition) is 6. The maximum atomic E-state index is 11.8. The standard InChI is InChI=1S/C20H27NO5/c1-19(7-6-17(22)24-3)15-9-20(10-21-11-20)12-25-18(15)14-5-4-13(23-2)8-16(14)26-19/h4-5,8,15,18,21H,6-7,9-12H2,1-3H3/t15-,18+,19+/m0/s1. The summed E-state index contributed by atoms with van der Waals surface area (Å²) in [6, 6.07) is 5.91. The largest absolute Gasteiger partial charge is 0.497 e. The number of rotatable bonds is 4. The number of benzene rings is 1. The first kappa shape index (κ1) is 17.6. The highest BCUT2D eigenvalue weighted by atomic mass is 16.5. The molecule has 4 rings (SSSR count). The number of ether oxygens (including phenoxy) is 4. The predicted octanol–water partition coefficient (Wildman–Crippen LogP) is 2.47. The second-order valence-electron chi connectivity index (χ2n) is 8.04. The van der Waals surface area contributed by atoms with Crippen molar-refractivity contribution in [2.75, 3.05) is 33.9 Å². The van der Waals surface area contributed by atoms with Crippen molar-refractivity contribution in [3.05, 3.63) is 23.8 Å². The van der Waals surface area contributed by atoms with Crippen LogP contribution < -0.4 is 14.8 Å². The number of nitrogens with one attached hydrogen (secondary N) is 1. The zero-order valence-electron chi connectivity index (χ0n) is 15.7. The summed E-state index contributed by atoms with van der Waals surface area (Å²) in [4.78, 5) is 11.8. The van der Waals surface area contributed by atoms with E-state index < -0.39 is 5.60 Å². The van der Waals surface area contributed by atoms with Gasteiger partial charge in [0, 0.05) is 42.5 Å². The molecular formula is C20H27NO5. The molecule has 0 saturated carbocycles. The average Bonchev–Trinajstić information content (AvgIpc) is 2.64. The van der Waals surface area contributed by atoms with Gasteiger partial charge < -0.3 is 24.3 Å². The Balaban J connectivity index is 1.67. The first-order chi connectivity index (χ1) is 12.5. The minimum Gasteiger partial charge on any atom is -0.497 e. The summed E-state index contributed by atoms with van der Waals surface area (Å²) in [5, 5.41) is 3.38. The molecule has 6 heteroatoms. The third-order valence-corrected chi connectivity index (χ3v) is 6.30. The van der Waals surface area contributed by atoms with E-state index in [0.29, 0.717) is 12.8 Å². The number of fused-ring (bicyclic) bond motifs is 3. The van der Waals surface area contributed by atoms with Crippen LogP contribution in [0, 0.1) is 11.3 Å². The highest BCUT2D eigenvalue weighted by molar-refractivity contribution is 5.69. The van der Waals surface area contributed by atoms with E-state index in [2.05, 4.69) is 12.2 Å². The molecule has 3 aliphatic rings. The molecule has 3 heterocycles. The van der Waals surface area contributed by atoms with Crippen molar-refractivity contribution in [2.24, 2.45) is 11.3 Å². The van der Waals surface area contributed by atoms with E-state index in [1.807, 2.05) is 18.2 Å². The second kappa shape index (κ2) is 6.43. The highest BCUT2D eigenvalue weighted by Gasteiger charge is 2.55. The van der Waals surface area contributed by atoms with Gasteiger partial charge in [-0.05, 0) is 31.9 Å². The van der Waals surface area contributed by atoms with Crippen molar-refractivity contribution in [1.82, 2.24) is 5.32 Å². The molecule has 6 nitrogen and oxygen atoms in total. The molecule has 26 heavy (non-hydrogen) atoms. The molecular weight excluding hydrogens is 334 g/mol. The molecule has 3 aliphatic heterocycles. The molecule has 1 spiro atoms. The molecule has 0 amide bonds. The van der Waals surface area contributed by atoms with E-state index in [9.17, 15) is 4.79 Å². The Bertz CT molecular complexity index is 701. The van der Waals surface area contributed by atoms with Crippen LogP contribution in [-0.2, 0) is 14.3 Å². The number of methoxy groups -OCH3 is 2. The minimum absolute atomic E-state index is 0.0153. The lowest BCUT2D eigenvalue weighted by Crippen LogP contribution is -2.63. The number of esters is 1. The summed E-state index contributed by atoms with van der Waals surface area (Å²) in [5.41, 5.74) is 0.788. The molecule has 2 fully saturated rings. The molecule has 1 N–H and O–H groups in total. The van der Waals surface area contributed by atoms with E-state index >= 15 is 0 Å². The van der Waals surface area contributed by atoms with Gasteiger partial charge in [-0.1, -0.05) is 0 Å². The van der Waals surface area contributed by atoms with Gasteiger partial charge in [0.2, 0.25) is 0 Å². The van der Waals surface area contributed by atoms with Gasteiger partial charge in [0.05, 0.1) is 26.9 Å². The van der Waals surface area contributed by atoms with Crippen molar-refractivity contribution < 1.29 is 23.7 Å². The Kier molecular flexibility index (Phi) is 4.35. The predicted molar refractivity (Wildman–Crippen MR) is 95.4 cm³/mol. The first-order valence-corrected chi connectivity index (χ1v) is 9.25. The van der Waals surface area contributed by atoms with Crippen LogP contribution in [0.2, 0.25) is 0 Å². The summed E-state index contributed by atoms with van der Waals surface area (Å²) < 4.78 is 23.1. The molecule has 0 radical (unpaired) electrons. The Morgan fingerprint density at radius 1 is 1.35 bits per heavy atom. The van der Waals surface area contributed by atoms with Crippen LogP contribution in [0.3, 0.4) is 0 Å². The van der Waals surface area contributed by atoms with Gasteiger partial charge in [-0.2, -0.15) is 0 Å². The molecule has 0 aromatic heterocycles. The number of carbonyl (C=O) groups is 1. The Morgan fingerprint density at radius 3 is 2.81 bits per heavy atom. The lowest BCUT2D eigenvalue weighted by molar-refractivity contribution is -0.182. The summed E-state index contributed by atoms with van der Waals surface area (Å²) in [6.07, 6.45) is 1.96. The van der Waals surface area contributed by atoms with Crippen LogP contribution in [0.5, 0.6) is 11.5 Å². The fourth-order valence-corrected chi connectivity index (χ4v) is 4.56. The van der Waals surface area contributed by atoms with Gasteiger partial charge in [0.15, 0.2) is 0 Å². The van der Waals surface area contributed by atoms with Crippen molar-refractivity contribution in [3.8, 4) is 11.5 Å². The summed E-state index contributed by atoms with van der Waals surface area (Å²) in [6.45, 7) is 4.84. The molecule has 142 valence electrons. The fourth-order valence-electron chi connectivity index (χ4n) is 4.56. The van der Waals surface area contributed by atoms with Gasteiger partial charge in [0.25, 0.3) is 0 Å². The number of hydrogen-bond donors (Lipinski definition) is 1. The molecule has 2 saturated heterocycles. The smallest absolute Gasteiger partial charge is 0.305 e. The maximum Gasteiger partial charge on any atom is 0.305 e. The van der Waals surface area contributed by atoms with Crippen LogP contribution in [0.25, 0.3) is 0 Å². The summed E-state index contributed by atoms with van der Waals surface area (Å²) in [7, 11) is 3.07.